The van der Waals surface area contributed by atoms with Crippen LogP contribution in [0.15, 0.2) is 46.3 Å². The van der Waals surface area contributed by atoms with Gasteiger partial charge in [0.05, 0.1) is 18.5 Å². The van der Waals surface area contributed by atoms with Crippen LogP contribution in [0.1, 0.15) is 43.9 Å². The van der Waals surface area contributed by atoms with E-state index in [0.29, 0.717) is 34.9 Å². The average molecular weight is 524 g/mol. The summed E-state index contributed by atoms with van der Waals surface area (Å²) in [6.45, 7) is 6.75. The number of aromatic nitrogens is 1. The van der Waals surface area contributed by atoms with Crippen molar-refractivity contribution in [2.75, 3.05) is 44.6 Å². The second-order valence-electron chi connectivity index (χ2n) is 11.1. The predicted molar refractivity (Wildman–Crippen MR) is 142 cm³/mol. The summed E-state index contributed by atoms with van der Waals surface area (Å²) in [5.74, 6) is 0.593. The maximum absolute atomic E-state index is 13.9. The summed E-state index contributed by atoms with van der Waals surface area (Å²) in [6.07, 6.45) is 5.20. The molecule has 2 aromatic heterocycles. The largest absolute Gasteiger partial charge is 0.454 e. The highest BCUT2D eigenvalue weighted by molar-refractivity contribution is 7.10. The van der Waals surface area contributed by atoms with Crippen LogP contribution in [0.25, 0.3) is 11.0 Å². The van der Waals surface area contributed by atoms with E-state index in [1.54, 1.807) is 11.3 Å². The van der Waals surface area contributed by atoms with E-state index < -0.39 is 5.54 Å². The number of esters is 1. The highest BCUT2D eigenvalue weighted by Gasteiger charge is 2.51. The van der Waals surface area contributed by atoms with Crippen LogP contribution in [0.3, 0.4) is 0 Å². The number of likely N-dealkylation sites (tertiary alicyclic amines) is 1. The molecule has 9 heteroatoms. The number of carbonyl (C=O) groups excluding carboxylic acids is 2. The third-order valence-corrected chi connectivity index (χ3v) is 9.88. The topological polar surface area (TPSA) is 84.7 Å². The zero-order valence-corrected chi connectivity index (χ0v) is 22.2. The van der Waals surface area contributed by atoms with Gasteiger partial charge in [-0.05, 0) is 56.4 Å². The number of nitrogens with zero attached hydrogens (tertiary/aromatic N) is 3. The summed E-state index contributed by atoms with van der Waals surface area (Å²) >= 11 is 1.63. The lowest BCUT2D eigenvalue weighted by Gasteiger charge is -2.52. The zero-order chi connectivity index (χ0) is 25.5. The highest BCUT2D eigenvalue weighted by atomic mass is 32.1. The minimum atomic E-state index is -0.767. The van der Waals surface area contributed by atoms with Gasteiger partial charge >= 0.3 is 5.97 Å². The lowest BCUT2D eigenvalue weighted by atomic mass is 9.83. The number of hydrogen-bond donors (Lipinski definition) is 1. The van der Waals surface area contributed by atoms with Gasteiger partial charge in [0.2, 0.25) is 0 Å². The van der Waals surface area contributed by atoms with Gasteiger partial charge in [-0.15, -0.1) is 11.3 Å². The molecule has 4 fully saturated rings. The van der Waals surface area contributed by atoms with E-state index in [-0.39, 0.29) is 18.0 Å². The molecule has 0 radical (unpaired) electrons. The van der Waals surface area contributed by atoms with Crippen LogP contribution in [0, 0.1) is 5.92 Å². The monoisotopic (exact) mass is 523 g/mol. The van der Waals surface area contributed by atoms with Crippen molar-refractivity contribution in [1.82, 2.24) is 10.1 Å². The van der Waals surface area contributed by atoms with Gasteiger partial charge in [-0.25, -0.2) is 4.79 Å². The van der Waals surface area contributed by atoms with E-state index >= 15 is 0 Å². The van der Waals surface area contributed by atoms with Crippen LogP contribution in [0.4, 0.5) is 5.82 Å². The second kappa shape index (κ2) is 9.85. The Labute approximate surface area is 221 Å². The van der Waals surface area contributed by atoms with E-state index in [0.717, 1.165) is 62.1 Å². The molecule has 4 saturated heterocycles. The Morgan fingerprint density at radius 3 is 2.70 bits per heavy atom. The molecular weight excluding hydrogens is 488 g/mol. The van der Waals surface area contributed by atoms with Gasteiger partial charge in [0, 0.05) is 23.6 Å². The van der Waals surface area contributed by atoms with Gasteiger partial charge in [-0.2, -0.15) is 0 Å². The van der Waals surface area contributed by atoms with Crippen LogP contribution < -0.4 is 5.32 Å². The van der Waals surface area contributed by atoms with E-state index in [9.17, 15) is 9.59 Å². The molecule has 6 heterocycles. The molecule has 1 amide bonds. The van der Waals surface area contributed by atoms with Crippen molar-refractivity contribution < 1.29 is 23.3 Å². The number of nitrogens with one attached hydrogen (secondary N) is 1. The van der Waals surface area contributed by atoms with Crippen LogP contribution >= 0.6 is 11.3 Å². The Hall–Kier alpha value is -2.75. The van der Waals surface area contributed by atoms with Gasteiger partial charge < -0.3 is 19.1 Å². The van der Waals surface area contributed by atoms with Crippen molar-refractivity contribution in [2.45, 2.75) is 50.7 Å². The lowest BCUT2D eigenvalue weighted by molar-refractivity contribution is -0.939. The number of carbonyl (C=O) groups is 2. The molecule has 37 heavy (non-hydrogen) atoms. The molecule has 4 aliphatic heterocycles. The Balaban J connectivity index is 1.16. The summed E-state index contributed by atoms with van der Waals surface area (Å²) < 4.78 is 12.4. The number of ether oxygens (including phenoxy) is 1. The summed E-state index contributed by atoms with van der Waals surface area (Å²) in [4.78, 5) is 30.4. The van der Waals surface area contributed by atoms with Crippen molar-refractivity contribution in [3.63, 3.8) is 0 Å². The number of thiophene rings is 1. The number of rotatable bonds is 7. The number of piperidine rings is 4. The van der Waals surface area contributed by atoms with Gasteiger partial charge in [0.1, 0.15) is 6.54 Å². The van der Waals surface area contributed by atoms with E-state index in [2.05, 4.69) is 21.4 Å². The number of fused-ring (bicyclic) bond motifs is 4. The molecule has 3 aromatic rings. The number of hydrogen-bond acceptors (Lipinski definition) is 7. The summed E-state index contributed by atoms with van der Waals surface area (Å²) in [7, 11) is 0. The standard InChI is InChI=1S/C28H34N4O4S/c1-28(24-10-7-17-37-24,31-13-5-2-6-14-31)27(34)35-23-18-32(15-11-20(23)12-16-32)19-25(33)29-26-21-8-3-4-9-22(21)36-30-26/h3-4,7-10,17,20,23H,2,5-6,11-16,18-19H2,1H3/p+1/t20?,23-,28?,32?/m0/s1. The molecule has 0 aliphatic carbocycles. The number of amides is 1. The van der Waals surface area contributed by atoms with Crippen molar-refractivity contribution in [3.8, 4) is 0 Å². The first-order valence-corrected chi connectivity index (χ1v) is 14.3. The van der Waals surface area contributed by atoms with Gasteiger partial charge in [-0.3, -0.25) is 9.69 Å². The third-order valence-electron chi connectivity index (χ3n) is 8.80. The first kappa shape index (κ1) is 24.6. The summed E-state index contributed by atoms with van der Waals surface area (Å²) in [5, 5.41) is 9.84. The number of anilines is 1. The molecule has 4 aliphatic rings. The van der Waals surface area contributed by atoms with Crippen LogP contribution in [0.2, 0.25) is 0 Å². The molecule has 196 valence electrons. The Kier molecular flexibility index (Phi) is 6.54. The van der Waals surface area contributed by atoms with Crippen LogP contribution in [-0.2, 0) is 19.9 Å². The first-order valence-electron chi connectivity index (χ1n) is 13.5. The normalized spacial score (nSPS) is 27.6. The van der Waals surface area contributed by atoms with E-state index in [1.165, 1.54) is 6.42 Å². The molecule has 8 nitrogen and oxygen atoms in total. The second-order valence-corrected chi connectivity index (χ2v) is 12.0. The van der Waals surface area contributed by atoms with Crippen molar-refractivity contribution >= 4 is 40.0 Å². The van der Waals surface area contributed by atoms with Gasteiger partial charge in [-0.1, -0.05) is 29.8 Å². The summed E-state index contributed by atoms with van der Waals surface area (Å²) in [6, 6.07) is 11.6. The molecule has 7 rings (SSSR count). The molecule has 0 spiro atoms. The first-order chi connectivity index (χ1) is 18.0. The van der Waals surface area contributed by atoms with Gasteiger partial charge in [0.25, 0.3) is 5.91 Å². The predicted octanol–water partition coefficient (Wildman–Crippen LogP) is 4.38. The Bertz CT molecular complexity index is 1260. The fourth-order valence-corrected chi connectivity index (χ4v) is 7.47. The fraction of sp³-hybridized carbons (Fsp3) is 0.536. The van der Waals surface area contributed by atoms with Crippen molar-refractivity contribution in [3.05, 3.63) is 46.7 Å². The molecule has 2 bridgehead atoms. The number of benzene rings is 1. The summed E-state index contributed by atoms with van der Waals surface area (Å²) in [5.41, 5.74) is -0.116. The number of para-hydroxylation sites is 1. The quantitative estimate of drug-likeness (QED) is 0.366. The number of quaternary nitrogens is 1. The van der Waals surface area contributed by atoms with Gasteiger partial charge in [0.15, 0.2) is 29.6 Å². The highest BCUT2D eigenvalue weighted by Crippen LogP contribution is 2.40. The molecule has 0 saturated carbocycles. The molecule has 1 unspecified atom stereocenters. The van der Waals surface area contributed by atoms with E-state index in [1.807, 2.05) is 42.6 Å². The Morgan fingerprint density at radius 2 is 1.95 bits per heavy atom. The SMILES string of the molecule is CC(C(=O)O[C@H]1C[N+]2(CC(=O)Nc3noc4ccccc34)CCC1CC2)(c1cccs1)N1CCCCC1. The third kappa shape index (κ3) is 4.57. The molecule has 2 atom stereocenters. The van der Waals surface area contributed by atoms with Crippen molar-refractivity contribution in [2.24, 2.45) is 5.92 Å². The molecule has 1 N–H and O–H groups in total. The smallest absolute Gasteiger partial charge is 0.332 e. The zero-order valence-electron chi connectivity index (χ0n) is 21.4. The van der Waals surface area contributed by atoms with Crippen LogP contribution in [0.5, 0.6) is 0 Å². The molecular formula is C28H35N4O4S+. The van der Waals surface area contributed by atoms with Crippen molar-refractivity contribution in [1.29, 1.82) is 0 Å². The molecule has 1 aromatic carbocycles. The Morgan fingerprint density at radius 1 is 1.16 bits per heavy atom. The van der Waals surface area contributed by atoms with E-state index in [4.69, 9.17) is 9.26 Å². The van der Waals surface area contributed by atoms with Crippen LogP contribution in [-0.4, -0.2) is 71.8 Å². The maximum atomic E-state index is 13.9. The minimum absolute atomic E-state index is 0.0822. The maximum Gasteiger partial charge on any atom is 0.332 e. The average Bonchev–Trinajstić information content (AvgIpc) is 3.60. The lowest BCUT2D eigenvalue weighted by Crippen LogP contribution is -2.66. The fourth-order valence-electron chi connectivity index (χ4n) is 6.56. The minimum Gasteiger partial charge on any atom is -0.454 e.